The van der Waals surface area contributed by atoms with Crippen LogP contribution >= 0.6 is 15.9 Å². The summed E-state index contributed by atoms with van der Waals surface area (Å²) in [5.74, 6) is 0.140. The maximum Gasteiger partial charge on any atom is 0.410 e. The van der Waals surface area contributed by atoms with Crippen LogP contribution in [0.25, 0.3) is 0 Å². The van der Waals surface area contributed by atoms with Crippen molar-refractivity contribution in [3.8, 4) is 0 Å². The number of H-pyrrole nitrogens is 1. The van der Waals surface area contributed by atoms with Gasteiger partial charge in [-0.15, -0.1) is 0 Å². The van der Waals surface area contributed by atoms with E-state index < -0.39 is 5.60 Å². The van der Waals surface area contributed by atoms with E-state index in [1.54, 1.807) is 4.90 Å². The maximum atomic E-state index is 12.8. The monoisotopic (exact) mass is 442 g/mol. The van der Waals surface area contributed by atoms with Crippen molar-refractivity contribution < 1.29 is 14.3 Å². The minimum Gasteiger partial charge on any atom is -0.444 e. The van der Waals surface area contributed by atoms with Crippen molar-refractivity contribution in [2.75, 3.05) is 19.6 Å². The number of hydrogen-bond donors (Lipinski definition) is 1. The van der Waals surface area contributed by atoms with Crippen LogP contribution in [-0.2, 0) is 4.74 Å². The molecule has 1 aliphatic rings. The molecule has 1 atom stereocenters. The Morgan fingerprint density at radius 2 is 2.07 bits per heavy atom. The zero-order chi connectivity index (χ0) is 20.4. The van der Waals surface area contributed by atoms with E-state index in [0.29, 0.717) is 29.8 Å². The molecule has 1 aromatic heterocycles. The Kier molecular flexibility index (Phi) is 6.94. The van der Waals surface area contributed by atoms with Crippen molar-refractivity contribution in [2.24, 2.45) is 5.92 Å². The molecule has 27 heavy (non-hydrogen) atoms. The number of nitrogens with one attached hydrogen (secondary N) is 1. The summed E-state index contributed by atoms with van der Waals surface area (Å²) in [6.07, 6.45) is 1.60. The topological polar surface area (TPSA) is 78.5 Å². The Hall–Kier alpha value is -1.57. The fourth-order valence-electron chi connectivity index (χ4n) is 3.20. The van der Waals surface area contributed by atoms with Crippen molar-refractivity contribution in [2.45, 2.75) is 66.0 Å². The molecule has 1 unspecified atom stereocenters. The zero-order valence-corrected chi connectivity index (χ0v) is 18.7. The third-order valence-electron chi connectivity index (χ3n) is 4.59. The first-order valence-corrected chi connectivity index (χ1v) is 10.3. The summed E-state index contributed by atoms with van der Waals surface area (Å²) in [7, 11) is 0. The van der Waals surface area contributed by atoms with Gasteiger partial charge in [-0.05, 0) is 76.2 Å². The second-order valence-corrected chi connectivity index (χ2v) is 9.29. The van der Waals surface area contributed by atoms with E-state index in [1.807, 2.05) is 46.4 Å². The summed E-state index contributed by atoms with van der Waals surface area (Å²) in [5, 5.41) is 6.96. The van der Waals surface area contributed by atoms with Crippen LogP contribution in [0.3, 0.4) is 0 Å². The predicted octanol–water partition coefficient (Wildman–Crippen LogP) is 3.98. The lowest BCUT2D eigenvalue weighted by Gasteiger charge is -2.37. The standard InChI is InChI=1S/C19H31BrN4O3/c1-12(2)24(18(26)27-19(4,5)6)11-14-8-7-9-23(10-14)17(25)16-15(20)13(3)21-22-16/h12,14H,7-11H2,1-6H3,(H,21,22). The van der Waals surface area contributed by atoms with E-state index in [0.717, 1.165) is 18.5 Å². The van der Waals surface area contributed by atoms with Crippen LogP contribution in [0, 0.1) is 12.8 Å². The number of aromatic amines is 1. The molecule has 2 rings (SSSR count). The summed E-state index contributed by atoms with van der Waals surface area (Å²) in [5.41, 5.74) is 0.729. The second kappa shape index (κ2) is 8.63. The molecule has 2 heterocycles. The normalized spacial score (nSPS) is 17.9. The minimum absolute atomic E-state index is 0.0362. The predicted molar refractivity (Wildman–Crippen MR) is 108 cm³/mol. The van der Waals surface area contributed by atoms with E-state index in [9.17, 15) is 9.59 Å². The SMILES string of the molecule is Cc1[nH]nc(C(=O)N2CCCC(CN(C(=O)OC(C)(C)C)C(C)C)C2)c1Br. The van der Waals surface area contributed by atoms with E-state index in [2.05, 4.69) is 26.1 Å². The second-order valence-electron chi connectivity index (χ2n) is 8.50. The minimum atomic E-state index is -0.525. The Labute approximate surface area is 169 Å². The number of aromatic nitrogens is 2. The molecule has 0 spiro atoms. The van der Waals surface area contributed by atoms with Crippen LogP contribution in [0.2, 0.25) is 0 Å². The van der Waals surface area contributed by atoms with Gasteiger partial charge in [0.05, 0.1) is 4.47 Å². The van der Waals surface area contributed by atoms with Crippen LogP contribution in [0.5, 0.6) is 0 Å². The van der Waals surface area contributed by atoms with Crippen LogP contribution < -0.4 is 0 Å². The van der Waals surface area contributed by atoms with Gasteiger partial charge in [-0.2, -0.15) is 5.10 Å². The number of rotatable bonds is 4. The average Bonchev–Trinajstić information content (AvgIpc) is 2.89. The molecule has 7 nitrogen and oxygen atoms in total. The third-order valence-corrected chi connectivity index (χ3v) is 5.56. The highest BCUT2D eigenvalue weighted by Crippen LogP contribution is 2.24. The van der Waals surface area contributed by atoms with Gasteiger partial charge in [-0.1, -0.05) is 0 Å². The van der Waals surface area contributed by atoms with Crippen LogP contribution in [-0.4, -0.2) is 63.3 Å². The van der Waals surface area contributed by atoms with Crippen molar-refractivity contribution in [1.29, 1.82) is 0 Å². The molecule has 1 aliphatic heterocycles. The third kappa shape index (κ3) is 5.70. The quantitative estimate of drug-likeness (QED) is 0.764. The van der Waals surface area contributed by atoms with Gasteiger partial charge < -0.3 is 14.5 Å². The number of halogens is 1. The molecule has 1 N–H and O–H groups in total. The maximum absolute atomic E-state index is 12.8. The molecule has 0 aromatic carbocycles. The summed E-state index contributed by atoms with van der Waals surface area (Å²) in [6.45, 7) is 13.4. The number of likely N-dealkylation sites (tertiary alicyclic amines) is 1. The number of carbonyl (C=O) groups excluding carboxylic acids is 2. The van der Waals surface area contributed by atoms with Gasteiger partial charge in [0.15, 0.2) is 5.69 Å². The molecule has 0 radical (unpaired) electrons. The largest absolute Gasteiger partial charge is 0.444 e. The molecule has 0 aliphatic carbocycles. The summed E-state index contributed by atoms with van der Waals surface area (Å²) < 4.78 is 6.27. The molecule has 8 heteroatoms. The smallest absolute Gasteiger partial charge is 0.410 e. The lowest BCUT2D eigenvalue weighted by Crippen LogP contribution is -2.48. The van der Waals surface area contributed by atoms with E-state index in [1.165, 1.54) is 0 Å². The summed E-state index contributed by atoms with van der Waals surface area (Å²) >= 11 is 3.43. The van der Waals surface area contributed by atoms with Gasteiger partial charge in [0, 0.05) is 31.4 Å². The molecule has 2 amide bonds. The van der Waals surface area contributed by atoms with Gasteiger partial charge >= 0.3 is 6.09 Å². The van der Waals surface area contributed by atoms with Gasteiger partial charge in [0.25, 0.3) is 5.91 Å². The summed E-state index contributed by atoms with van der Waals surface area (Å²) in [6, 6.07) is 0.0362. The van der Waals surface area contributed by atoms with Crippen LogP contribution in [0.1, 0.15) is 63.6 Å². The molecule has 1 fully saturated rings. The first-order valence-electron chi connectivity index (χ1n) is 9.49. The fourth-order valence-corrected chi connectivity index (χ4v) is 3.55. The molecule has 1 saturated heterocycles. The molecule has 0 bridgehead atoms. The van der Waals surface area contributed by atoms with Crippen molar-refractivity contribution in [3.63, 3.8) is 0 Å². The van der Waals surface area contributed by atoms with Gasteiger partial charge in [-0.3, -0.25) is 9.89 Å². The number of carbonyl (C=O) groups is 2. The van der Waals surface area contributed by atoms with E-state index >= 15 is 0 Å². The van der Waals surface area contributed by atoms with E-state index in [4.69, 9.17) is 4.74 Å². The first-order chi connectivity index (χ1) is 12.5. The van der Waals surface area contributed by atoms with Crippen molar-refractivity contribution >= 4 is 27.9 Å². The number of hydrogen-bond acceptors (Lipinski definition) is 4. The van der Waals surface area contributed by atoms with Crippen LogP contribution in [0.15, 0.2) is 4.47 Å². The lowest BCUT2D eigenvalue weighted by molar-refractivity contribution is 0.0123. The van der Waals surface area contributed by atoms with Crippen LogP contribution in [0.4, 0.5) is 4.79 Å². The Bertz CT molecular complexity index is 681. The Morgan fingerprint density at radius 1 is 1.41 bits per heavy atom. The fraction of sp³-hybridized carbons (Fsp3) is 0.737. The average molecular weight is 443 g/mol. The Balaban J connectivity index is 2.04. The Morgan fingerprint density at radius 3 is 2.59 bits per heavy atom. The number of amides is 2. The highest BCUT2D eigenvalue weighted by Gasteiger charge is 2.31. The molecule has 152 valence electrons. The lowest BCUT2D eigenvalue weighted by atomic mass is 9.96. The first kappa shape index (κ1) is 21.7. The molecular weight excluding hydrogens is 412 g/mol. The van der Waals surface area contributed by atoms with Gasteiger partial charge in [-0.25, -0.2) is 4.79 Å². The van der Waals surface area contributed by atoms with Gasteiger partial charge in [0.2, 0.25) is 0 Å². The number of piperidine rings is 1. The van der Waals surface area contributed by atoms with E-state index in [-0.39, 0.29) is 24.0 Å². The molecule has 1 aromatic rings. The van der Waals surface area contributed by atoms with Crippen molar-refractivity contribution in [1.82, 2.24) is 20.0 Å². The van der Waals surface area contributed by atoms with Crippen molar-refractivity contribution in [3.05, 3.63) is 15.9 Å². The highest BCUT2D eigenvalue weighted by molar-refractivity contribution is 9.10. The molecular formula is C19H31BrN4O3. The number of nitrogens with zero attached hydrogens (tertiary/aromatic N) is 3. The highest BCUT2D eigenvalue weighted by atomic mass is 79.9. The van der Waals surface area contributed by atoms with Gasteiger partial charge in [0.1, 0.15) is 5.60 Å². The number of aryl methyl sites for hydroxylation is 1. The molecule has 0 saturated carbocycles. The number of ether oxygens (including phenoxy) is 1. The zero-order valence-electron chi connectivity index (χ0n) is 17.1. The summed E-state index contributed by atoms with van der Waals surface area (Å²) in [4.78, 5) is 29.0.